The van der Waals surface area contributed by atoms with Crippen LogP contribution in [0.4, 0.5) is 23.5 Å². The van der Waals surface area contributed by atoms with Gasteiger partial charge in [-0.05, 0) is 63.6 Å². The van der Waals surface area contributed by atoms with Gasteiger partial charge in [0.15, 0.2) is 5.82 Å². The normalized spacial score (nSPS) is 20.1. The molecule has 2 saturated carbocycles. The first kappa shape index (κ1) is 21.1. The van der Waals surface area contributed by atoms with Crippen molar-refractivity contribution in [2.75, 3.05) is 5.32 Å². The highest BCUT2D eigenvalue weighted by Crippen LogP contribution is 2.62. The van der Waals surface area contributed by atoms with Crippen LogP contribution >= 0.6 is 0 Å². The molecule has 2 fully saturated rings. The van der Waals surface area contributed by atoms with E-state index in [-0.39, 0.29) is 30.3 Å². The largest absolute Gasteiger partial charge is 0.395 e. The number of carbonyl (C=O) groups excluding carboxylic acids is 1. The first-order valence-electron chi connectivity index (χ1n) is 10.2. The number of hydrogen-bond acceptors (Lipinski definition) is 3. The van der Waals surface area contributed by atoms with Crippen LogP contribution < -0.4 is 5.32 Å². The van der Waals surface area contributed by atoms with E-state index in [1.807, 2.05) is 0 Å². The van der Waals surface area contributed by atoms with Crippen molar-refractivity contribution in [2.45, 2.75) is 70.7 Å². The van der Waals surface area contributed by atoms with Crippen molar-refractivity contribution in [1.29, 1.82) is 0 Å². The third-order valence-corrected chi connectivity index (χ3v) is 6.71. The van der Waals surface area contributed by atoms with Crippen LogP contribution in [0.5, 0.6) is 0 Å². The highest BCUT2D eigenvalue weighted by atomic mass is 19.4. The standard InChI is InChI=1S/C21H25F4N3O2/c1-11(20(7-8-20)21(23,24)25)17(29)27-18-26-16-14(22)9-12(19(2,3)30)10-15(16)28(18)13-5-4-6-13/h9-11,13,30H,4-8H2,1-3H3,(H,26,27,29). The minimum atomic E-state index is -4.45. The minimum Gasteiger partial charge on any atom is -0.386 e. The number of nitrogens with one attached hydrogen (secondary N) is 1. The number of alkyl halides is 3. The summed E-state index contributed by atoms with van der Waals surface area (Å²) in [6.07, 6.45) is -2.05. The monoisotopic (exact) mass is 427 g/mol. The van der Waals surface area contributed by atoms with E-state index in [9.17, 15) is 27.5 Å². The summed E-state index contributed by atoms with van der Waals surface area (Å²) in [6.45, 7) is 4.35. The Morgan fingerprint density at radius 3 is 2.40 bits per heavy atom. The molecule has 2 aliphatic carbocycles. The fraction of sp³-hybridized carbons (Fsp3) is 0.619. The van der Waals surface area contributed by atoms with Gasteiger partial charge in [0.2, 0.25) is 11.9 Å². The molecule has 1 aromatic carbocycles. The third-order valence-electron chi connectivity index (χ3n) is 6.71. The summed E-state index contributed by atoms with van der Waals surface area (Å²) in [7, 11) is 0. The fourth-order valence-corrected chi connectivity index (χ4v) is 4.17. The second-order valence-corrected chi connectivity index (χ2v) is 9.14. The molecule has 1 amide bonds. The lowest BCUT2D eigenvalue weighted by molar-refractivity contribution is -0.201. The molecule has 1 unspecified atom stereocenters. The molecule has 4 rings (SSSR count). The van der Waals surface area contributed by atoms with E-state index >= 15 is 0 Å². The van der Waals surface area contributed by atoms with Crippen molar-refractivity contribution in [3.05, 3.63) is 23.5 Å². The van der Waals surface area contributed by atoms with Gasteiger partial charge < -0.3 is 9.67 Å². The number of halogens is 4. The summed E-state index contributed by atoms with van der Waals surface area (Å²) in [5.41, 5.74) is -2.49. The molecule has 1 atom stereocenters. The lowest BCUT2D eigenvalue weighted by atomic mass is 9.89. The molecular weight excluding hydrogens is 402 g/mol. The van der Waals surface area contributed by atoms with E-state index in [4.69, 9.17) is 0 Å². The number of aromatic nitrogens is 2. The maximum absolute atomic E-state index is 14.8. The Labute approximate surface area is 171 Å². The summed E-state index contributed by atoms with van der Waals surface area (Å²) in [6, 6.07) is 2.79. The van der Waals surface area contributed by atoms with E-state index < -0.39 is 34.8 Å². The average molecular weight is 427 g/mol. The quantitative estimate of drug-likeness (QED) is 0.657. The van der Waals surface area contributed by atoms with Crippen LogP contribution in [0.2, 0.25) is 0 Å². The summed E-state index contributed by atoms with van der Waals surface area (Å²) in [4.78, 5) is 16.9. The molecule has 9 heteroatoms. The van der Waals surface area contributed by atoms with E-state index in [0.717, 1.165) is 19.3 Å². The lowest BCUT2D eigenvalue weighted by Crippen LogP contribution is -2.38. The maximum Gasteiger partial charge on any atom is 0.395 e. The smallest absolute Gasteiger partial charge is 0.386 e. The molecule has 0 aliphatic heterocycles. The van der Waals surface area contributed by atoms with Gasteiger partial charge in [0, 0.05) is 12.0 Å². The van der Waals surface area contributed by atoms with E-state index in [1.165, 1.54) is 26.8 Å². The molecule has 164 valence electrons. The number of carbonyl (C=O) groups is 1. The van der Waals surface area contributed by atoms with Crippen molar-refractivity contribution in [3.8, 4) is 0 Å². The Morgan fingerprint density at radius 1 is 1.30 bits per heavy atom. The fourth-order valence-electron chi connectivity index (χ4n) is 4.17. The number of imidazole rings is 1. The number of fused-ring (bicyclic) bond motifs is 1. The van der Waals surface area contributed by atoms with Crippen LogP contribution in [0, 0.1) is 17.2 Å². The Hall–Kier alpha value is -2.16. The molecule has 2 aromatic rings. The number of hydrogen-bond donors (Lipinski definition) is 2. The SMILES string of the molecule is CC(C(=O)Nc1nc2c(F)cc(C(C)(C)O)cc2n1C1CCC1)C1(C(F)(F)F)CC1. The summed E-state index contributed by atoms with van der Waals surface area (Å²) >= 11 is 0. The van der Waals surface area contributed by atoms with Crippen LogP contribution in [0.25, 0.3) is 11.0 Å². The van der Waals surface area contributed by atoms with Crippen molar-refractivity contribution in [2.24, 2.45) is 11.3 Å². The Kier molecular flexibility index (Phi) is 4.69. The van der Waals surface area contributed by atoms with Crippen LogP contribution in [0.1, 0.15) is 64.5 Å². The Morgan fingerprint density at radius 2 is 1.93 bits per heavy atom. The van der Waals surface area contributed by atoms with Crippen LogP contribution in [0.3, 0.4) is 0 Å². The van der Waals surface area contributed by atoms with E-state index in [1.54, 1.807) is 10.6 Å². The number of anilines is 1. The first-order valence-corrected chi connectivity index (χ1v) is 10.2. The highest BCUT2D eigenvalue weighted by molar-refractivity contribution is 5.94. The zero-order valence-electron chi connectivity index (χ0n) is 17.1. The highest BCUT2D eigenvalue weighted by Gasteiger charge is 2.67. The summed E-state index contributed by atoms with van der Waals surface area (Å²) < 4.78 is 56.7. The number of rotatable bonds is 5. The molecule has 0 bridgehead atoms. The van der Waals surface area contributed by atoms with Crippen molar-refractivity contribution in [3.63, 3.8) is 0 Å². The molecule has 1 aromatic heterocycles. The molecule has 30 heavy (non-hydrogen) atoms. The second kappa shape index (κ2) is 6.67. The Balaban J connectivity index is 1.74. The number of nitrogens with zero attached hydrogens (tertiary/aromatic N) is 2. The average Bonchev–Trinajstić information content (AvgIpc) is 3.33. The zero-order valence-corrected chi connectivity index (χ0v) is 17.1. The first-order chi connectivity index (χ1) is 13.8. The van der Waals surface area contributed by atoms with Gasteiger partial charge in [-0.1, -0.05) is 6.92 Å². The van der Waals surface area contributed by atoms with Crippen LogP contribution in [-0.2, 0) is 10.4 Å². The molecule has 0 spiro atoms. The van der Waals surface area contributed by atoms with Gasteiger partial charge in [0.05, 0.1) is 16.5 Å². The molecule has 0 saturated heterocycles. The van der Waals surface area contributed by atoms with Gasteiger partial charge in [-0.15, -0.1) is 0 Å². The van der Waals surface area contributed by atoms with Gasteiger partial charge in [-0.3, -0.25) is 10.1 Å². The Bertz CT molecular complexity index is 998. The maximum atomic E-state index is 14.8. The van der Waals surface area contributed by atoms with Gasteiger partial charge in [0.1, 0.15) is 5.52 Å². The van der Waals surface area contributed by atoms with Gasteiger partial charge in [-0.25, -0.2) is 9.37 Å². The minimum absolute atomic E-state index is 0.0230. The van der Waals surface area contributed by atoms with Gasteiger partial charge in [-0.2, -0.15) is 13.2 Å². The van der Waals surface area contributed by atoms with Crippen molar-refractivity contribution >= 4 is 22.9 Å². The third kappa shape index (κ3) is 3.27. The molecular formula is C21H25F4N3O2. The van der Waals surface area contributed by atoms with Crippen LogP contribution in [0.15, 0.2) is 12.1 Å². The van der Waals surface area contributed by atoms with E-state index in [0.29, 0.717) is 11.1 Å². The second-order valence-electron chi connectivity index (χ2n) is 9.14. The molecule has 5 nitrogen and oxygen atoms in total. The molecule has 2 aliphatic rings. The zero-order chi connectivity index (χ0) is 22.1. The predicted octanol–water partition coefficient (Wildman–Crippen LogP) is 5.04. The van der Waals surface area contributed by atoms with Crippen molar-refractivity contribution in [1.82, 2.24) is 9.55 Å². The topological polar surface area (TPSA) is 67.2 Å². The summed E-state index contributed by atoms with van der Waals surface area (Å²) in [5.74, 6) is -2.65. The van der Waals surface area contributed by atoms with E-state index in [2.05, 4.69) is 10.3 Å². The van der Waals surface area contributed by atoms with Gasteiger partial charge in [0.25, 0.3) is 0 Å². The van der Waals surface area contributed by atoms with Gasteiger partial charge >= 0.3 is 6.18 Å². The molecule has 2 N–H and O–H groups in total. The molecule has 0 radical (unpaired) electrons. The number of benzene rings is 1. The number of amides is 1. The van der Waals surface area contributed by atoms with Crippen molar-refractivity contribution < 1.29 is 27.5 Å². The predicted molar refractivity (Wildman–Crippen MR) is 103 cm³/mol. The summed E-state index contributed by atoms with van der Waals surface area (Å²) in [5, 5.41) is 12.8. The molecule has 1 heterocycles. The van der Waals surface area contributed by atoms with Crippen LogP contribution in [-0.4, -0.2) is 26.7 Å². The lowest BCUT2D eigenvalue weighted by Gasteiger charge is -2.30. The number of aliphatic hydroxyl groups is 1.